The van der Waals surface area contributed by atoms with Crippen molar-refractivity contribution in [2.24, 2.45) is 0 Å². The lowest BCUT2D eigenvalue weighted by Crippen LogP contribution is -2.52. The summed E-state index contributed by atoms with van der Waals surface area (Å²) in [5.41, 5.74) is 0. The number of likely N-dealkylation sites (tertiary alicyclic amines) is 1. The Labute approximate surface area is 88.8 Å². The first-order valence-corrected chi connectivity index (χ1v) is 5.16. The van der Waals surface area contributed by atoms with E-state index in [2.05, 4.69) is 5.32 Å². The number of nitrogens with one attached hydrogen (secondary N) is 1. The summed E-state index contributed by atoms with van der Waals surface area (Å²) in [4.78, 5) is 35.1. The Balaban J connectivity index is 2.53. The average Bonchev–Trinajstić information content (AvgIpc) is 2.20. The van der Waals surface area contributed by atoms with Crippen molar-refractivity contribution < 1.29 is 14.4 Å². The third-order valence-electron chi connectivity index (χ3n) is 2.46. The number of hydrogen-bond acceptors (Lipinski definition) is 3. The highest BCUT2D eigenvalue weighted by Crippen LogP contribution is 2.11. The SMILES string of the molecule is CCCC(=O)NC1CCC(=O)N(C)C1=O. The van der Waals surface area contributed by atoms with Gasteiger partial charge in [0.2, 0.25) is 11.8 Å². The lowest BCUT2D eigenvalue weighted by atomic mass is 10.0. The molecule has 1 rings (SSSR count). The smallest absolute Gasteiger partial charge is 0.251 e. The molecule has 84 valence electrons. The van der Waals surface area contributed by atoms with Crippen molar-refractivity contribution in [2.45, 2.75) is 38.6 Å². The van der Waals surface area contributed by atoms with Gasteiger partial charge in [0.15, 0.2) is 0 Å². The highest BCUT2D eigenvalue weighted by atomic mass is 16.2. The van der Waals surface area contributed by atoms with Gasteiger partial charge in [-0.05, 0) is 12.8 Å². The zero-order chi connectivity index (χ0) is 11.4. The van der Waals surface area contributed by atoms with E-state index >= 15 is 0 Å². The van der Waals surface area contributed by atoms with Crippen LogP contribution in [0.5, 0.6) is 0 Å². The summed E-state index contributed by atoms with van der Waals surface area (Å²) in [6.07, 6.45) is 1.90. The van der Waals surface area contributed by atoms with E-state index in [1.807, 2.05) is 6.92 Å². The molecule has 0 aromatic carbocycles. The third kappa shape index (κ3) is 2.78. The van der Waals surface area contributed by atoms with Crippen LogP contribution in [0.25, 0.3) is 0 Å². The fraction of sp³-hybridized carbons (Fsp3) is 0.700. The van der Waals surface area contributed by atoms with E-state index in [4.69, 9.17) is 0 Å². The van der Waals surface area contributed by atoms with Crippen molar-refractivity contribution in [1.29, 1.82) is 0 Å². The van der Waals surface area contributed by atoms with Gasteiger partial charge in [0, 0.05) is 19.9 Å². The fourth-order valence-electron chi connectivity index (χ4n) is 1.54. The lowest BCUT2D eigenvalue weighted by molar-refractivity contribution is -0.149. The minimum atomic E-state index is -0.522. The molecule has 3 amide bonds. The number of amides is 3. The largest absolute Gasteiger partial charge is 0.344 e. The molecule has 0 aliphatic carbocycles. The second-order valence-electron chi connectivity index (χ2n) is 3.70. The second kappa shape index (κ2) is 4.91. The van der Waals surface area contributed by atoms with Gasteiger partial charge in [0.05, 0.1) is 0 Å². The quantitative estimate of drug-likeness (QED) is 0.672. The predicted octanol–water partition coefficient (Wildman–Crippen LogP) is 0.0501. The third-order valence-corrected chi connectivity index (χ3v) is 2.46. The van der Waals surface area contributed by atoms with Crippen molar-refractivity contribution in [3.63, 3.8) is 0 Å². The second-order valence-corrected chi connectivity index (χ2v) is 3.70. The topological polar surface area (TPSA) is 66.5 Å². The summed E-state index contributed by atoms with van der Waals surface area (Å²) in [7, 11) is 1.45. The molecule has 5 nitrogen and oxygen atoms in total. The molecule has 1 heterocycles. The molecule has 0 radical (unpaired) electrons. The normalized spacial score (nSPS) is 21.7. The molecule has 1 aliphatic heterocycles. The number of hydrogen-bond donors (Lipinski definition) is 1. The minimum Gasteiger partial charge on any atom is -0.344 e. The molecule has 0 aromatic heterocycles. The molecule has 0 saturated carbocycles. The van der Waals surface area contributed by atoms with E-state index in [-0.39, 0.29) is 17.7 Å². The molecule has 0 bridgehead atoms. The molecule has 15 heavy (non-hydrogen) atoms. The monoisotopic (exact) mass is 212 g/mol. The van der Waals surface area contributed by atoms with Gasteiger partial charge in [0.25, 0.3) is 5.91 Å². The molecule has 1 aliphatic rings. The van der Waals surface area contributed by atoms with Crippen LogP contribution in [-0.2, 0) is 14.4 Å². The molecule has 1 saturated heterocycles. The molecule has 1 unspecified atom stereocenters. The van der Waals surface area contributed by atoms with Gasteiger partial charge in [-0.25, -0.2) is 0 Å². The van der Waals surface area contributed by atoms with Crippen LogP contribution in [0.4, 0.5) is 0 Å². The maximum Gasteiger partial charge on any atom is 0.251 e. The van der Waals surface area contributed by atoms with Crippen LogP contribution >= 0.6 is 0 Å². The van der Waals surface area contributed by atoms with Crippen LogP contribution in [-0.4, -0.2) is 35.7 Å². The highest BCUT2D eigenvalue weighted by Gasteiger charge is 2.32. The number of carbonyl (C=O) groups is 3. The van der Waals surface area contributed by atoms with Gasteiger partial charge < -0.3 is 5.32 Å². The van der Waals surface area contributed by atoms with Gasteiger partial charge in [-0.15, -0.1) is 0 Å². The zero-order valence-corrected chi connectivity index (χ0v) is 9.08. The Morgan fingerprint density at radius 1 is 1.53 bits per heavy atom. The van der Waals surface area contributed by atoms with E-state index in [0.29, 0.717) is 19.3 Å². The Morgan fingerprint density at radius 3 is 2.80 bits per heavy atom. The predicted molar refractivity (Wildman–Crippen MR) is 53.8 cm³/mol. The molecule has 0 aromatic rings. The molecule has 0 spiro atoms. The molecule has 1 fully saturated rings. The fourth-order valence-corrected chi connectivity index (χ4v) is 1.54. The number of imide groups is 1. The molecule has 1 atom stereocenters. The van der Waals surface area contributed by atoms with Crippen molar-refractivity contribution >= 4 is 17.7 Å². The highest BCUT2D eigenvalue weighted by molar-refractivity contribution is 6.01. The number of carbonyl (C=O) groups excluding carboxylic acids is 3. The van der Waals surface area contributed by atoms with Crippen molar-refractivity contribution in [3.8, 4) is 0 Å². The van der Waals surface area contributed by atoms with E-state index in [1.165, 1.54) is 7.05 Å². The first kappa shape index (κ1) is 11.7. The molecule has 5 heteroatoms. The van der Waals surface area contributed by atoms with Crippen LogP contribution in [0.3, 0.4) is 0 Å². The molecule has 1 N–H and O–H groups in total. The van der Waals surface area contributed by atoms with E-state index in [1.54, 1.807) is 0 Å². The van der Waals surface area contributed by atoms with Gasteiger partial charge in [-0.1, -0.05) is 6.92 Å². The lowest BCUT2D eigenvalue weighted by Gasteiger charge is -2.28. The number of likely N-dealkylation sites (N-methyl/N-ethyl adjacent to an activating group) is 1. The summed E-state index contributed by atoms with van der Waals surface area (Å²) in [6.45, 7) is 1.90. The maximum absolute atomic E-state index is 11.6. The number of rotatable bonds is 3. The summed E-state index contributed by atoms with van der Waals surface area (Å²) in [6, 6.07) is -0.522. The average molecular weight is 212 g/mol. The van der Waals surface area contributed by atoms with Crippen LogP contribution in [0.15, 0.2) is 0 Å². The number of piperidine rings is 1. The summed E-state index contributed by atoms with van der Waals surface area (Å²) >= 11 is 0. The summed E-state index contributed by atoms with van der Waals surface area (Å²) < 4.78 is 0. The van der Waals surface area contributed by atoms with Gasteiger partial charge in [-0.2, -0.15) is 0 Å². The van der Waals surface area contributed by atoms with Crippen molar-refractivity contribution in [1.82, 2.24) is 10.2 Å². The Kier molecular flexibility index (Phi) is 3.82. The maximum atomic E-state index is 11.6. The van der Waals surface area contributed by atoms with Crippen LogP contribution in [0.1, 0.15) is 32.6 Å². The van der Waals surface area contributed by atoms with Gasteiger partial charge in [0.1, 0.15) is 6.04 Å². The minimum absolute atomic E-state index is 0.126. The summed E-state index contributed by atoms with van der Waals surface area (Å²) in [5, 5.41) is 2.64. The van der Waals surface area contributed by atoms with E-state index < -0.39 is 6.04 Å². The van der Waals surface area contributed by atoms with Crippen LogP contribution < -0.4 is 5.32 Å². The van der Waals surface area contributed by atoms with E-state index in [0.717, 1.165) is 11.3 Å². The molecular formula is C10H16N2O3. The van der Waals surface area contributed by atoms with Crippen molar-refractivity contribution in [2.75, 3.05) is 7.05 Å². The first-order valence-electron chi connectivity index (χ1n) is 5.16. The number of nitrogens with zero attached hydrogens (tertiary/aromatic N) is 1. The summed E-state index contributed by atoms with van der Waals surface area (Å²) in [5.74, 6) is -0.615. The van der Waals surface area contributed by atoms with Crippen LogP contribution in [0, 0.1) is 0 Å². The Morgan fingerprint density at radius 2 is 2.20 bits per heavy atom. The molecular weight excluding hydrogens is 196 g/mol. The standard InChI is InChI=1S/C10H16N2O3/c1-3-4-8(13)11-7-5-6-9(14)12(2)10(7)15/h7H,3-6H2,1-2H3,(H,11,13). The Hall–Kier alpha value is -1.39. The first-order chi connectivity index (χ1) is 7.06. The Bertz CT molecular complexity index is 288. The van der Waals surface area contributed by atoms with E-state index in [9.17, 15) is 14.4 Å². The van der Waals surface area contributed by atoms with Crippen LogP contribution in [0.2, 0.25) is 0 Å². The van der Waals surface area contributed by atoms with Gasteiger partial charge >= 0.3 is 0 Å². The van der Waals surface area contributed by atoms with Crippen molar-refractivity contribution in [3.05, 3.63) is 0 Å². The van der Waals surface area contributed by atoms with Gasteiger partial charge in [-0.3, -0.25) is 19.3 Å². The zero-order valence-electron chi connectivity index (χ0n) is 9.08.